The van der Waals surface area contributed by atoms with Gasteiger partial charge in [-0.1, -0.05) is 0 Å². The van der Waals surface area contributed by atoms with Gasteiger partial charge in [-0.3, -0.25) is 19.5 Å². The number of piperidine rings is 1. The second-order valence-corrected chi connectivity index (χ2v) is 9.60. The quantitative estimate of drug-likeness (QED) is 0.628. The van der Waals surface area contributed by atoms with Crippen molar-refractivity contribution in [1.29, 1.82) is 5.26 Å². The number of rotatable bonds is 4. The molecule has 0 radical (unpaired) electrons. The third-order valence-electron chi connectivity index (χ3n) is 6.97. The molecular weight excluding hydrogens is 442 g/mol. The third-order valence-corrected chi connectivity index (χ3v) is 6.97. The molecule has 1 saturated heterocycles. The molecule has 9 heteroatoms. The second kappa shape index (κ2) is 8.55. The SMILES string of the molecule is Cn1cncc1C(=O)N1CCC(Nc2cncc(N3C(=O)c4ccc(C#N)cc4C3(C)C)c2)CC1. The zero-order valence-electron chi connectivity index (χ0n) is 20.0. The number of nitriles is 1. The summed E-state index contributed by atoms with van der Waals surface area (Å²) >= 11 is 0. The number of amides is 2. The van der Waals surface area contributed by atoms with E-state index in [-0.39, 0.29) is 17.9 Å². The minimum Gasteiger partial charge on any atom is -0.381 e. The molecule has 2 aliphatic heterocycles. The highest BCUT2D eigenvalue weighted by Crippen LogP contribution is 2.42. The average Bonchev–Trinajstić information content (AvgIpc) is 3.37. The molecule has 0 saturated carbocycles. The monoisotopic (exact) mass is 469 g/mol. The van der Waals surface area contributed by atoms with E-state index in [2.05, 4.69) is 21.4 Å². The summed E-state index contributed by atoms with van der Waals surface area (Å²) in [5.41, 5.74) is 3.49. The summed E-state index contributed by atoms with van der Waals surface area (Å²) in [7, 11) is 1.82. The predicted molar refractivity (Wildman–Crippen MR) is 131 cm³/mol. The van der Waals surface area contributed by atoms with Gasteiger partial charge in [0, 0.05) is 31.7 Å². The number of aryl methyl sites for hydroxylation is 1. The number of hydrogen-bond acceptors (Lipinski definition) is 6. The maximum absolute atomic E-state index is 13.3. The maximum Gasteiger partial charge on any atom is 0.272 e. The smallest absolute Gasteiger partial charge is 0.272 e. The van der Waals surface area contributed by atoms with Crippen molar-refractivity contribution in [1.82, 2.24) is 19.4 Å². The molecule has 5 rings (SSSR count). The molecule has 0 spiro atoms. The van der Waals surface area contributed by atoms with E-state index in [1.54, 1.807) is 52.6 Å². The summed E-state index contributed by atoms with van der Waals surface area (Å²) in [5, 5.41) is 12.8. The summed E-state index contributed by atoms with van der Waals surface area (Å²) in [5.74, 6) is -0.101. The van der Waals surface area contributed by atoms with E-state index >= 15 is 0 Å². The molecule has 0 bridgehead atoms. The standard InChI is InChI=1S/C26H27N7O2/c1-26(2)22-10-17(12-27)4-5-21(22)24(34)33(26)20-11-19(13-28-14-20)30-18-6-8-32(9-7-18)25(35)23-15-29-16-31(23)3/h4-5,10-11,13-16,18,30H,6-9H2,1-3H3. The fraction of sp³-hybridized carbons (Fsp3) is 0.346. The van der Waals surface area contributed by atoms with Crippen LogP contribution in [-0.4, -0.2) is 50.4 Å². The van der Waals surface area contributed by atoms with Crippen LogP contribution >= 0.6 is 0 Å². The Bertz CT molecular complexity index is 1350. The highest BCUT2D eigenvalue weighted by molar-refractivity contribution is 6.12. The van der Waals surface area contributed by atoms with Crippen molar-refractivity contribution in [3.8, 4) is 6.07 Å². The van der Waals surface area contributed by atoms with E-state index in [0.29, 0.717) is 35.6 Å². The van der Waals surface area contributed by atoms with Crippen LogP contribution in [-0.2, 0) is 12.6 Å². The summed E-state index contributed by atoms with van der Waals surface area (Å²) < 4.78 is 1.74. The van der Waals surface area contributed by atoms with Gasteiger partial charge in [-0.2, -0.15) is 5.26 Å². The van der Waals surface area contributed by atoms with Crippen molar-refractivity contribution in [3.63, 3.8) is 0 Å². The van der Waals surface area contributed by atoms with Crippen LogP contribution in [0.15, 0.2) is 49.2 Å². The van der Waals surface area contributed by atoms with Gasteiger partial charge < -0.3 is 14.8 Å². The Morgan fingerprint density at radius 2 is 1.91 bits per heavy atom. The molecule has 2 aliphatic rings. The number of pyridine rings is 1. The molecule has 2 amide bonds. The lowest BCUT2D eigenvalue weighted by Gasteiger charge is -2.34. The Balaban J connectivity index is 1.29. The molecule has 0 atom stereocenters. The second-order valence-electron chi connectivity index (χ2n) is 9.60. The maximum atomic E-state index is 13.3. The minimum atomic E-state index is -0.614. The molecule has 1 aromatic carbocycles. The average molecular weight is 470 g/mol. The molecule has 3 aromatic rings. The highest BCUT2D eigenvalue weighted by Gasteiger charge is 2.44. The number of aromatic nitrogens is 3. The Labute approximate surface area is 204 Å². The first kappa shape index (κ1) is 22.6. The van der Waals surface area contributed by atoms with E-state index in [1.165, 1.54) is 0 Å². The van der Waals surface area contributed by atoms with E-state index in [1.807, 2.05) is 31.9 Å². The molecule has 35 heavy (non-hydrogen) atoms. The lowest BCUT2D eigenvalue weighted by molar-refractivity contribution is 0.0708. The molecule has 4 heterocycles. The molecule has 1 N–H and O–H groups in total. The van der Waals surface area contributed by atoms with Crippen LogP contribution in [0.2, 0.25) is 0 Å². The predicted octanol–water partition coefficient (Wildman–Crippen LogP) is 3.30. The van der Waals surface area contributed by atoms with Gasteiger partial charge in [0.05, 0.1) is 53.5 Å². The topological polar surface area (TPSA) is 107 Å². The van der Waals surface area contributed by atoms with Crippen LogP contribution < -0.4 is 10.2 Å². The van der Waals surface area contributed by atoms with Crippen LogP contribution in [0.5, 0.6) is 0 Å². The third kappa shape index (κ3) is 3.91. The molecule has 9 nitrogen and oxygen atoms in total. The van der Waals surface area contributed by atoms with E-state index < -0.39 is 5.54 Å². The molecular formula is C26H27N7O2. The number of carbonyl (C=O) groups is 2. The van der Waals surface area contributed by atoms with Gasteiger partial charge in [-0.15, -0.1) is 0 Å². The Kier molecular flexibility index (Phi) is 5.52. The van der Waals surface area contributed by atoms with Crippen LogP contribution in [0.4, 0.5) is 11.4 Å². The molecule has 1 fully saturated rings. The fourth-order valence-corrected chi connectivity index (χ4v) is 5.06. The van der Waals surface area contributed by atoms with E-state index in [4.69, 9.17) is 0 Å². The number of likely N-dealkylation sites (tertiary alicyclic amines) is 1. The first-order valence-electron chi connectivity index (χ1n) is 11.7. The molecule has 0 aliphatic carbocycles. The van der Waals surface area contributed by atoms with Crippen LogP contribution in [0.1, 0.15) is 58.7 Å². The van der Waals surface area contributed by atoms with Crippen LogP contribution in [0.25, 0.3) is 0 Å². The Morgan fingerprint density at radius 1 is 1.14 bits per heavy atom. The van der Waals surface area contributed by atoms with E-state index in [0.717, 1.165) is 24.1 Å². The highest BCUT2D eigenvalue weighted by atomic mass is 16.2. The van der Waals surface area contributed by atoms with Crippen molar-refractivity contribution in [2.45, 2.75) is 38.3 Å². The number of imidazole rings is 1. The van der Waals surface area contributed by atoms with Crippen LogP contribution in [0.3, 0.4) is 0 Å². The number of carbonyl (C=O) groups excluding carboxylic acids is 2. The number of anilines is 2. The summed E-state index contributed by atoms with van der Waals surface area (Å²) in [6.45, 7) is 5.27. The first-order valence-corrected chi connectivity index (χ1v) is 11.7. The van der Waals surface area contributed by atoms with Crippen molar-refractivity contribution < 1.29 is 9.59 Å². The van der Waals surface area contributed by atoms with Crippen molar-refractivity contribution in [2.75, 3.05) is 23.3 Å². The Hall–Kier alpha value is -4.19. The van der Waals surface area contributed by atoms with Crippen molar-refractivity contribution in [2.24, 2.45) is 7.05 Å². The number of hydrogen-bond donors (Lipinski definition) is 1. The van der Waals surface area contributed by atoms with Gasteiger partial charge in [0.2, 0.25) is 0 Å². The van der Waals surface area contributed by atoms with Gasteiger partial charge in [0.15, 0.2) is 0 Å². The number of benzene rings is 1. The van der Waals surface area contributed by atoms with Gasteiger partial charge in [-0.25, -0.2) is 4.98 Å². The van der Waals surface area contributed by atoms with Crippen molar-refractivity contribution >= 4 is 23.2 Å². The lowest BCUT2D eigenvalue weighted by Crippen LogP contribution is -2.43. The van der Waals surface area contributed by atoms with Crippen LogP contribution in [0, 0.1) is 11.3 Å². The van der Waals surface area contributed by atoms with Crippen molar-refractivity contribution in [3.05, 3.63) is 71.6 Å². The molecule has 2 aromatic heterocycles. The Morgan fingerprint density at radius 3 is 2.60 bits per heavy atom. The summed E-state index contributed by atoms with van der Waals surface area (Å²) in [4.78, 5) is 38.1. The summed E-state index contributed by atoms with van der Waals surface area (Å²) in [6, 6.07) is 9.50. The largest absolute Gasteiger partial charge is 0.381 e. The number of fused-ring (bicyclic) bond motifs is 1. The first-order chi connectivity index (χ1) is 16.8. The lowest BCUT2D eigenvalue weighted by atomic mass is 9.92. The van der Waals surface area contributed by atoms with Gasteiger partial charge in [0.25, 0.3) is 11.8 Å². The zero-order chi connectivity index (χ0) is 24.7. The van der Waals surface area contributed by atoms with E-state index in [9.17, 15) is 14.9 Å². The molecule has 178 valence electrons. The van der Waals surface area contributed by atoms with Gasteiger partial charge in [-0.05, 0) is 56.5 Å². The minimum absolute atomic E-state index is 0.000938. The normalized spacial score (nSPS) is 17.3. The van der Waals surface area contributed by atoms with Gasteiger partial charge >= 0.3 is 0 Å². The zero-order valence-corrected chi connectivity index (χ0v) is 20.0. The number of nitrogens with zero attached hydrogens (tertiary/aromatic N) is 6. The van der Waals surface area contributed by atoms with Gasteiger partial charge in [0.1, 0.15) is 5.69 Å². The number of nitrogens with one attached hydrogen (secondary N) is 1. The molecule has 0 unspecified atom stereocenters. The fourth-order valence-electron chi connectivity index (χ4n) is 5.06. The summed E-state index contributed by atoms with van der Waals surface area (Å²) in [6.07, 6.45) is 8.30.